The molecular weight excluding hydrogens is 140 g/mol. The predicted octanol–water partition coefficient (Wildman–Crippen LogP) is 1.75. The van der Waals surface area contributed by atoms with E-state index in [-0.39, 0.29) is 0 Å². The number of hydrogen-bond acceptors (Lipinski definition) is 1. The van der Waals surface area contributed by atoms with E-state index >= 15 is 0 Å². The SMILES string of the molecule is CCc1c[c]cc(C(=O)O)c1. The molecule has 1 radical (unpaired) electrons. The summed E-state index contributed by atoms with van der Waals surface area (Å²) in [5, 5.41) is 8.58. The van der Waals surface area contributed by atoms with E-state index < -0.39 is 5.97 Å². The molecule has 0 amide bonds. The first-order chi connectivity index (χ1) is 5.24. The van der Waals surface area contributed by atoms with Crippen LogP contribution < -0.4 is 0 Å². The van der Waals surface area contributed by atoms with Crippen LogP contribution in [0.15, 0.2) is 18.2 Å². The van der Waals surface area contributed by atoms with Gasteiger partial charge in [0, 0.05) is 0 Å². The minimum absolute atomic E-state index is 0.310. The molecule has 0 heterocycles. The van der Waals surface area contributed by atoms with Crippen molar-refractivity contribution in [3.8, 4) is 0 Å². The first-order valence-corrected chi connectivity index (χ1v) is 3.47. The third-order valence-electron chi connectivity index (χ3n) is 1.50. The quantitative estimate of drug-likeness (QED) is 0.695. The molecule has 0 aliphatic rings. The van der Waals surface area contributed by atoms with Crippen LogP contribution in [0.25, 0.3) is 0 Å². The minimum Gasteiger partial charge on any atom is -0.478 e. The van der Waals surface area contributed by atoms with E-state index in [1.54, 1.807) is 12.1 Å². The summed E-state index contributed by atoms with van der Waals surface area (Å²) in [6.45, 7) is 1.98. The smallest absolute Gasteiger partial charge is 0.335 e. The van der Waals surface area contributed by atoms with Gasteiger partial charge >= 0.3 is 5.97 Å². The molecule has 1 aromatic carbocycles. The highest BCUT2D eigenvalue weighted by Crippen LogP contribution is 2.04. The van der Waals surface area contributed by atoms with Gasteiger partial charge in [-0.25, -0.2) is 4.79 Å². The van der Waals surface area contributed by atoms with Gasteiger partial charge in [0.1, 0.15) is 0 Å². The molecule has 2 nitrogen and oxygen atoms in total. The minimum atomic E-state index is -0.892. The number of carbonyl (C=O) groups is 1. The van der Waals surface area contributed by atoms with Gasteiger partial charge in [0.2, 0.25) is 0 Å². The second kappa shape index (κ2) is 3.19. The van der Waals surface area contributed by atoms with Crippen LogP contribution in [-0.4, -0.2) is 11.1 Å². The molecule has 0 aliphatic heterocycles. The van der Waals surface area contributed by atoms with Crippen LogP contribution in [0.4, 0.5) is 0 Å². The fourth-order valence-electron chi connectivity index (χ4n) is 0.849. The molecule has 1 aromatic rings. The Kier molecular flexibility index (Phi) is 2.26. The van der Waals surface area contributed by atoms with Crippen LogP contribution in [0.5, 0.6) is 0 Å². The molecule has 0 saturated carbocycles. The lowest BCUT2D eigenvalue weighted by Crippen LogP contribution is -1.96. The van der Waals surface area contributed by atoms with E-state index in [1.807, 2.05) is 6.92 Å². The van der Waals surface area contributed by atoms with Gasteiger partial charge in [0.15, 0.2) is 0 Å². The van der Waals surface area contributed by atoms with E-state index in [2.05, 4.69) is 6.07 Å². The van der Waals surface area contributed by atoms with Crippen LogP contribution in [0, 0.1) is 6.07 Å². The van der Waals surface area contributed by atoms with Gasteiger partial charge in [0.05, 0.1) is 5.56 Å². The Morgan fingerprint density at radius 3 is 2.91 bits per heavy atom. The first kappa shape index (κ1) is 7.79. The average molecular weight is 149 g/mol. The molecular formula is C9H9O2. The van der Waals surface area contributed by atoms with Crippen molar-refractivity contribution in [1.29, 1.82) is 0 Å². The lowest BCUT2D eigenvalue weighted by molar-refractivity contribution is 0.0697. The summed E-state index contributed by atoms with van der Waals surface area (Å²) in [6, 6.07) is 7.72. The average Bonchev–Trinajstić information content (AvgIpc) is 2.05. The van der Waals surface area contributed by atoms with Gasteiger partial charge in [-0.15, -0.1) is 0 Å². The molecule has 0 aromatic heterocycles. The highest BCUT2D eigenvalue weighted by atomic mass is 16.4. The largest absolute Gasteiger partial charge is 0.478 e. The van der Waals surface area contributed by atoms with E-state index in [0.29, 0.717) is 5.56 Å². The summed E-state index contributed by atoms with van der Waals surface area (Å²) < 4.78 is 0. The van der Waals surface area contributed by atoms with Crippen molar-refractivity contribution in [2.24, 2.45) is 0 Å². The molecule has 0 unspecified atom stereocenters. The van der Waals surface area contributed by atoms with Crippen molar-refractivity contribution < 1.29 is 9.90 Å². The van der Waals surface area contributed by atoms with E-state index in [0.717, 1.165) is 12.0 Å². The van der Waals surface area contributed by atoms with Gasteiger partial charge in [0.25, 0.3) is 0 Å². The summed E-state index contributed by atoms with van der Waals surface area (Å²) in [6.07, 6.45) is 0.845. The third-order valence-corrected chi connectivity index (χ3v) is 1.50. The van der Waals surface area contributed by atoms with Crippen LogP contribution in [0.3, 0.4) is 0 Å². The number of aromatic carboxylic acids is 1. The second-order valence-corrected chi connectivity index (χ2v) is 2.29. The Bertz CT molecular complexity index is 266. The van der Waals surface area contributed by atoms with Gasteiger partial charge in [-0.2, -0.15) is 0 Å². The van der Waals surface area contributed by atoms with Gasteiger partial charge in [-0.1, -0.05) is 13.0 Å². The molecule has 1 rings (SSSR count). The summed E-state index contributed by atoms with van der Waals surface area (Å²) in [7, 11) is 0. The normalized spacial score (nSPS) is 9.55. The molecule has 1 N–H and O–H groups in total. The molecule has 0 atom stereocenters. The zero-order valence-corrected chi connectivity index (χ0v) is 6.29. The topological polar surface area (TPSA) is 37.3 Å². The number of aryl methyl sites for hydroxylation is 1. The van der Waals surface area contributed by atoms with Crippen LogP contribution in [-0.2, 0) is 6.42 Å². The fraction of sp³-hybridized carbons (Fsp3) is 0.222. The van der Waals surface area contributed by atoms with Crippen molar-refractivity contribution in [2.45, 2.75) is 13.3 Å². The number of hydrogen-bond donors (Lipinski definition) is 1. The first-order valence-electron chi connectivity index (χ1n) is 3.47. The summed E-state index contributed by atoms with van der Waals surface area (Å²) >= 11 is 0. The summed E-state index contributed by atoms with van der Waals surface area (Å²) in [4.78, 5) is 10.4. The molecule has 0 saturated heterocycles. The lowest BCUT2D eigenvalue weighted by Gasteiger charge is -1.96. The van der Waals surface area contributed by atoms with Crippen molar-refractivity contribution in [2.75, 3.05) is 0 Å². The summed E-state index contributed by atoms with van der Waals surface area (Å²) in [5.74, 6) is -0.892. The van der Waals surface area contributed by atoms with Crippen molar-refractivity contribution in [3.05, 3.63) is 35.4 Å². The zero-order chi connectivity index (χ0) is 8.27. The number of rotatable bonds is 2. The molecule has 0 spiro atoms. The molecule has 11 heavy (non-hydrogen) atoms. The molecule has 0 fully saturated rings. The maximum absolute atomic E-state index is 10.4. The van der Waals surface area contributed by atoms with Crippen molar-refractivity contribution in [1.82, 2.24) is 0 Å². The zero-order valence-electron chi connectivity index (χ0n) is 6.29. The third kappa shape index (κ3) is 1.80. The Balaban J connectivity index is 3.01. The van der Waals surface area contributed by atoms with E-state index in [4.69, 9.17) is 5.11 Å². The molecule has 2 heteroatoms. The Morgan fingerprint density at radius 2 is 2.36 bits per heavy atom. The lowest BCUT2D eigenvalue weighted by atomic mass is 10.1. The number of benzene rings is 1. The maximum Gasteiger partial charge on any atom is 0.335 e. The highest BCUT2D eigenvalue weighted by molar-refractivity contribution is 5.87. The van der Waals surface area contributed by atoms with Gasteiger partial charge in [-0.3, -0.25) is 0 Å². The second-order valence-electron chi connectivity index (χ2n) is 2.29. The molecule has 57 valence electrons. The fourth-order valence-corrected chi connectivity index (χ4v) is 0.849. The number of carboxylic acids is 1. The van der Waals surface area contributed by atoms with Gasteiger partial charge < -0.3 is 5.11 Å². The monoisotopic (exact) mass is 149 g/mol. The van der Waals surface area contributed by atoms with Gasteiger partial charge in [-0.05, 0) is 30.2 Å². The predicted molar refractivity (Wildman–Crippen MR) is 41.6 cm³/mol. The van der Waals surface area contributed by atoms with Crippen LogP contribution in [0.2, 0.25) is 0 Å². The van der Waals surface area contributed by atoms with E-state index in [1.165, 1.54) is 6.07 Å². The number of carboxylic acid groups (broad SMARTS) is 1. The van der Waals surface area contributed by atoms with Crippen molar-refractivity contribution in [3.63, 3.8) is 0 Å². The van der Waals surface area contributed by atoms with Crippen molar-refractivity contribution >= 4 is 5.97 Å². The molecule has 0 aliphatic carbocycles. The Labute approximate surface area is 65.5 Å². The van der Waals surface area contributed by atoms with E-state index in [9.17, 15) is 4.79 Å². The molecule has 0 bridgehead atoms. The van der Waals surface area contributed by atoms with Crippen LogP contribution in [0.1, 0.15) is 22.8 Å². The summed E-state index contributed by atoms with van der Waals surface area (Å²) in [5.41, 5.74) is 1.31. The Morgan fingerprint density at radius 1 is 1.64 bits per heavy atom. The van der Waals surface area contributed by atoms with Crippen LogP contribution >= 0.6 is 0 Å². The standard InChI is InChI=1S/C9H9O2/c1-2-7-4-3-5-8(6-7)9(10)11/h4-6H,2H2,1H3,(H,10,11). The Hall–Kier alpha value is -1.31. The maximum atomic E-state index is 10.4. The highest BCUT2D eigenvalue weighted by Gasteiger charge is 2.01.